The highest BCUT2D eigenvalue weighted by atomic mass is 35.5. The second-order valence-corrected chi connectivity index (χ2v) is 10.6. The van der Waals surface area contributed by atoms with Gasteiger partial charge >= 0.3 is 0 Å². The molecule has 1 aliphatic heterocycles. The number of sulfonamides is 1. The van der Waals surface area contributed by atoms with Crippen molar-refractivity contribution in [2.24, 2.45) is 5.92 Å². The molecule has 0 spiro atoms. The number of benzene rings is 2. The van der Waals surface area contributed by atoms with Gasteiger partial charge in [-0.05, 0) is 80.0 Å². The molecule has 7 heteroatoms. The summed E-state index contributed by atoms with van der Waals surface area (Å²) in [5.74, 6) is -0.434. The Labute approximate surface area is 183 Å². The van der Waals surface area contributed by atoms with E-state index < -0.39 is 10.0 Å². The lowest BCUT2D eigenvalue weighted by Crippen LogP contribution is -2.45. The van der Waals surface area contributed by atoms with Gasteiger partial charge < -0.3 is 5.32 Å². The van der Waals surface area contributed by atoms with Crippen LogP contribution >= 0.6 is 11.6 Å². The number of halogens is 1. The minimum atomic E-state index is -3.64. The quantitative estimate of drug-likeness (QED) is 0.751. The summed E-state index contributed by atoms with van der Waals surface area (Å²) in [6.07, 6.45) is 4.79. The summed E-state index contributed by atoms with van der Waals surface area (Å²) in [6, 6.07) is 12.5. The summed E-state index contributed by atoms with van der Waals surface area (Å²) in [7, 11) is -3.64. The lowest BCUT2D eigenvalue weighted by Gasteiger charge is -2.32. The van der Waals surface area contributed by atoms with Crippen molar-refractivity contribution in [3.63, 3.8) is 0 Å². The Kier molecular flexibility index (Phi) is 6.19. The van der Waals surface area contributed by atoms with Gasteiger partial charge in [-0.2, -0.15) is 4.31 Å². The summed E-state index contributed by atoms with van der Waals surface area (Å²) in [5, 5.41) is 3.59. The molecule has 1 N–H and O–H groups in total. The molecular formula is C23H27ClN2O3S. The molecule has 1 saturated heterocycles. The minimum absolute atomic E-state index is 0.0843. The molecule has 1 aliphatic carbocycles. The topological polar surface area (TPSA) is 66.5 Å². The van der Waals surface area contributed by atoms with Gasteiger partial charge in [-0.1, -0.05) is 29.8 Å². The molecule has 0 radical (unpaired) electrons. The van der Waals surface area contributed by atoms with Crippen LogP contribution in [-0.2, 0) is 27.7 Å². The van der Waals surface area contributed by atoms with E-state index in [2.05, 4.69) is 23.5 Å². The SMILES string of the molecule is CC(NC(=O)C1CCCN(S(=O)(=O)c2ccc(Cl)cc2)C1)c1ccc2c(c1)CCC2. The molecule has 1 amide bonds. The predicted octanol–water partition coefficient (Wildman–Crippen LogP) is 4.11. The molecule has 1 fully saturated rings. The van der Waals surface area contributed by atoms with Crippen LogP contribution in [0.3, 0.4) is 0 Å². The standard InChI is InChI=1S/C23H27ClN2O3S/c1-16(18-8-7-17-4-2-5-19(17)14-18)25-23(27)20-6-3-13-26(15-20)30(28,29)22-11-9-21(24)10-12-22/h7-12,14,16,20H,2-6,13,15H2,1H3,(H,25,27). The number of hydrogen-bond donors (Lipinski definition) is 1. The van der Waals surface area contributed by atoms with E-state index in [4.69, 9.17) is 11.6 Å². The lowest BCUT2D eigenvalue weighted by atomic mass is 9.97. The molecule has 30 heavy (non-hydrogen) atoms. The number of carbonyl (C=O) groups excluding carboxylic acids is 1. The third kappa shape index (κ3) is 4.41. The van der Waals surface area contributed by atoms with E-state index in [0.29, 0.717) is 24.4 Å². The van der Waals surface area contributed by atoms with Crippen LogP contribution in [-0.4, -0.2) is 31.7 Å². The first-order valence-corrected chi connectivity index (χ1v) is 12.3. The number of fused-ring (bicyclic) bond motifs is 1. The Morgan fingerprint density at radius 2 is 1.83 bits per heavy atom. The molecule has 0 bridgehead atoms. The van der Waals surface area contributed by atoms with E-state index in [-0.39, 0.29) is 29.3 Å². The summed E-state index contributed by atoms with van der Waals surface area (Å²) >= 11 is 5.88. The van der Waals surface area contributed by atoms with E-state index in [1.54, 1.807) is 12.1 Å². The molecule has 2 aliphatic rings. The molecule has 160 valence electrons. The predicted molar refractivity (Wildman–Crippen MR) is 118 cm³/mol. The zero-order chi connectivity index (χ0) is 21.3. The van der Waals surface area contributed by atoms with Crippen LogP contribution in [0, 0.1) is 5.92 Å². The number of rotatable bonds is 5. The van der Waals surface area contributed by atoms with Gasteiger partial charge in [0.05, 0.1) is 16.9 Å². The van der Waals surface area contributed by atoms with Crippen molar-refractivity contribution in [2.45, 2.75) is 50.0 Å². The van der Waals surface area contributed by atoms with Gasteiger partial charge in [-0.15, -0.1) is 0 Å². The van der Waals surface area contributed by atoms with Gasteiger partial charge in [0.15, 0.2) is 0 Å². The normalized spacial score (nSPS) is 20.5. The smallest absolute Gasteiger partial charge is 0.243 e. The maximum atomic E-state index is 13.0. The van der Waals surface area contributed by atoms with Crippen molar-refractivity contribution < 1.29 is 13.2 Å². The van der Waals surface area contributed by atoms with Crippen molar-refractivity contribution in [1.29, 1.82) is 0 Å². The van der Waals surface area contributed by atoms with Crippen molar-refractivity contribution >= 4 is 27.5 Å². The maximum Gasteiger partial charge on any atom is 0.243 e. The third-order valence-corrected chi connectivity index (χ3v) is 8.32. The first-order chi connectivity index (χ1) is 14.3. The Balaban J connectivity index is 1.42. The Morgan fingerprint density at radius 3 is 2.60 bits per heavy atom. The molecule has 2 unspecified atom stereocenters. The number of nitrogens with zero attached hydrogens (tertiary/aromatic N) is 1. The molecule has 2 aromatic rings. The van der Waals surface area contributed by atoms with E-state index in [9.17, 15) is 13.2 Å². The van der Waals surface area contributed by atoms with E-state index in [1.807, 2.05) is 6.92 Å². The zero-order valence-electron chi connectivity index (χ0n) is 17.1. The number of aryl methyl sites for hydroxylation is 2. The Hall–Kier alpha value is -1.89. The van der Waals surface area contributed by atoms with Gasteiger partial charge in [0.25, 0.3) is 0 Å². The summed E-state index contributed by atoms with van der Waals surface area (Å²) < 4.78 is 27.4. The number of hydrogen-bond acceptors (Lipinski definition) is 3. The van der Waals surface area contributed by atoms with Crippen LogP contribution in [0.2, 0.25) is 5.02 Å². The second-order valence-electron chi connectivity index (χ2n) is 8.27. The molecule has 2 aromatic carbocycles. The second kappa shape index (κ2) is 8.69. The zero-order valence-corrected chi connectivity index (χ0v) is 18.7. The van der Waals surface area contributed by atoms with Crippen molar-refractivity contribution in [3.8, 4) is 0 Å². The van der Waals surface area contributed by atoms with Crippen molar-refractivity contribution in [3.05, 3.63) is 64.2 Å². The molecule has 0 aromatic heterocycles. The van der Waals surface area contributed by atoms with Gasteiger partial charge in [0.2, 0.25) is 15.9 Å². The van der Waals surface area contributed by atoms with Crippen LogP contribution < -0.4 is 5.32 Å². The fraction of sp³-hybridized carbons (Fsp3) is 0.435. The number of nitrogens with one attached hydrogen (secondary N) is 1. The minimum Gasteiger partial charge on any atom is -0.349 e. The van der Waals surface area contributed by atoms with Crippen molar-refractivity contribution in [1.82, 2.24) is 9.62 Å². The monoisotopic (exact) mass is 446 g/mol. The number of carbonyl (C=O) groups is 1. The van der Waals surface area contributed by atoms with Gasteiger partial charge in [0, 0.05) is 18.1 Å². The molecule has 0 saturated carbocycles. The number of amides is 1. The van der Waals surface area contributed by atoms with Crippen LogP contribution in [0.1, 0.15) is 48.9 Å². The Bertz CT molecular complexity index is 1040. The maximum absolute atomic E-state index is 13.0. The molecule has 1 heterocycles. The van der Waals surface area contributed by atoms with E-state index in [1.165, 1.54) is 34.0 Å². The average molecular weight is 447 g/mol. The van der Waals surface area contributed by atoms with Gasteiger partial charge in [-0.3, -0.25) is 4.79 Å². The highest BCUT2D eigenvalue weighted by molar-refractivity contribution is 7.89. The summed E-state index contributed by atoms with van der Waals surface area (Å²) in [4.78, 5) is 13.1. The van der Waals surface area contributed by atoms with Crippen LogP contribution in [0.5, 0.6) is 0 Å². The van der Waals surface area contributed by atoms with Crippen LogP contribution in [0.4, 0.5) is 0 Å². The summed E-state index contributed by atoms with van der Waals surface area (Å²) in [6.45, 7) is 2.61. The third-order valence-electron chi connectivity index (χ3n) is 6.19. The molecular weight excluding hydrogens is 420 g/mol. The average Bonchev–Trinajstić information content (AvgIpc) is 3.22. The number of piperidine rings is 1. The van der Waals surface area contributed by atoms with Gasteiger partial charge in [0.1, 0.15) is 0 Å². The summed E-state index contributed by atoms with van der Waals surface area (Å²) in [5.41, 5.74) is 3.89. The highest BCUT2D eigenvalue weighted by Crippen LogP contribution is 2.27. The fourth-order valence-corrected chi connectivity index (χ4v) is 6.06. The van der Waals surface area contributed by atoms with E-state index >= 15 is 0 Å². The van der Waals surface area contributed by atoms with Crippen LogP contribution in [0.25, 0.3) is 0 Å². The Morgan fingerprint density at radius 1 is 1.10 bits per heavy atom. The molecule has 4 rings (SSSR count). The first-order valence-electron chi connectivity index (χ1n) is 10.5. The highest BCUT2D eigenvalue weighted by Gasteiger charge is 2.33. The van der Waals surface area contributed by atoms with Crippen LogP contribution in [0.15, 0.2) is 47.4 Å². The fourth-order valence-electron chi connectivity index (χ4n) is 4.41. The first kappa shape index (κ1) is 21.3. The molecule has 2 atom stereocenters. The van der Waals surface area contributed by atoms with Crippen molar-refractivity contribution in [2.75, 3.05) is 13.1 Å². The molecule has 5 nitrogen and oxygen atoms in total. The van der Waals surface area contributed by atoms with Gasteiger partial charge in [-0.25, -0.2) is 8.42 Å². The van der Waals surface area contributed by atoms with E-state index in [0.717, 1.165) is 18.4 Å². The lowest BCUT2D eigenvalue weighted by molar-refractivity contribution is -0.126. The largest absolute Gasteiger partial charge is 0.349 e.